The lowest BCUT2D eigenvalue weighted by molar-refractivity contribution is 0.101. The number of ketones is 1. The number of unbranched alkanes of at least 4 members (excludes halogenated alkanes) is 1. The Morgan fingerprint density at radius 1 is 0.969 bits per heavy atom. The van der Waals surface area contributed by atoms with Crippen LogP contribution in [0, 0.1) is 6.92 Å². The number of carbonyl (C=O) groups excluding carboxylic acids is 1. The van der Waals surface area contributed by atoms with Crippen LogP contribution >= 0.6 is 0 Å². The minimum Gasteiger partial charge on any atom is -0.346 e. The molecule has 170 valence electrons. The summed E-state index contributed by atoms with van der Waals surface area (Å²) in [7, 11) is 0. The first-order valence-corrected chi connectivity index (χ1v) is 12.4. The zero-order chi connectivity index (χ0) is 22.5. The monoisotopic (exact) mass is 430 g/mol. The number of hydrogen-bond donors (Lipinski definition) is 0. The first kappa shape index (κ1) is 22.8. The number of benzene rings is 2. The molecule has 32 heavy (non-hydrogen) atoms. The van der Waals surface area contributed by atoms with Crippen molar-refractivity contribution in [3.8, 4) is 0 Å². The molecule has 0 radical (unpaired) electrons. The van der Waals surface area contributed by atoms with E-state index in [0.29, 0.717) is 6.04 Å². The van der Waals surface area contributed by atoms with Gasteiger partial charge in [0.05, 0.1) is 5.52 Å². The molecule has 2 atom stereocenters. The molecule has 1 aliphatic heterocycles. The largest absolute Gasteiger partial charge is 0.346 e. The van der Waals surface area contributed by atoms with Crippen LogP contribution in [0.1, 0.15) is 73.9 Å². The van der Waals surface area contributed by atoms with Crippen LogP contribution < -0.4 is 0 Å². The number of fused-ring (bicyclic) bond motifs is 1. The van der Waals surface area contributed by atoms with Crippen LogP contribution in [-0.4, -0.2) is 33.9 Å². The van der Waals surface area contributed by atoms with Crippen molar-refractivity contribution >= 4 is 16.7 Å². The maximum Gasteiger partial charge on any atom is 0.161 e. The molecule has 2 aromatic carbocycles. The number of para-hydroxylation sites is 1. The predicted molar refractivity (Wildman–Crippen MR) is 134 cm³/mol. The van der Waals surface area contributed by atoms with Crippen LogP contribution in [0.2, 0.25) is 0 Å². The number of likely N-dealkylation sites (tertiary alicyclic amines) is 1. The van der Waals surface area contributed by atoms with Crippen LogP contribution in [0.25, 0.3) is 10.9 Å². The Bertz CT molecular complexity index is 1040. The Morgan fingerprint density at radius 2 is 1.78 bits per heavy atom. The fourth-order valence-electron chi connectivity index (χ4n) is 5.62. The second-order valence-corrected chi connectivity index (χ2v) is 9.67. The summed E-state index contributed by atoms with van der Waals surface area (Å²) >= 11 is 0. The van der Waals surface area contributed by atoms with Gasteiger partial charge in [-0.2, -0.15) is 0 Å². The first-order chi connectivity index (χ1) is 15.5. The number of carbonyl (C=O) groups is 1. The topological polar surface area (TPSA) is 25.2 Å². The van der Waals surface area contributed by atoms with Gasteiger partial charge in [0.1, 0.15) is 0 Å². The van der Waals surface area contributed by atoms with E-state index < -0.39 is 0 Å². The Balaban J connectivity index is 1.32. The van der Waals surface area contributed by atoms with E-state index in [1.165, 1.54) is 55.2 Å². The highest BCUT2D eigenvalue weighted by Gasteiger charge is 2.29. The number of rotatable bonds is 10. The van der Waals surface area contributed by atoms with Gasteiger partial charge in [0.2, 0.25) is 0 Å². The maximum atomic E-state index is 12.1. The van der Waals surface area contributed by atoms with E-state index >= 15 is 0 Å². The lowest BCUT2D eigenvalue weighted by atomic mass is 10.0. The van der Waals surface area contributed by atoms with Crippen LogP contribution in [-0.2, 0) is 13.0 Å². The SMILES string of the molecule is CC(=O)c1cn(CCCN2[C@H](CCCCc3ccccc3)CC[C@@H]2C)c2c(C)cccc12. The highest BCUT2D eigenvalue weighted by Crippen LogP contribution is 2.29. The van der Waals surface area contributed by atoms with Crippen molar-refractivity contribution in [1.29, 1.82) is 0 Å². The highest BCUT2D eigenvalue weighted by molar-refractivity contribution is 6.07. The summed E-state index contributed by atoms with van der Waals surface area (Å²) in [6.45, 7) is 8.34. The van der Waals surface area contributed by atoms with Crippen molar-refractivity contribution in [2.24, 2.45) is 0 Å². The summed E-state index contributed by atoms with van der Waals surface area (Å²) in [5, 5.41) is 1.10. The molecule has 0 N–H and O–H groups in total. The van der Waals surface area contributed by atoms with Gasteiger partial charge in [-0.3, -0.25) is 9.69 Å². The van der Waals surface area contributed by atoms with Crippen molar-refractivity contribution < 1.29 is 4.79 Å². The molecule has 0 aliphatic carbocycles. The van der Waals surface area contributed by atoms with Gasteiger partial charge < -0.3 is 4.57 Å². The van der Waals surface area contributed by atoms with Gasteiger partial charge >= 0.3 is 0 Å². The van der Waals surface area contributed by atoms with Crippen molar-refractivity contribution in [3.05, 3.63) is 71.4 Å². The van der Waals surface area contributed by atoms with Gasteiger partial charge in [0.15, 0.2) is 5.78 Å². The number of hydrogen-bond acceptors (Lipinski definition) is 2. The Morgan fingerprint density at radius 3 is 2.56 bits per heavy atom. The van der Waals surface area contributed by atoms with Crippen molar-refractivity contribution in [3.63, 3.8) is 0 Å². The molecule has 1 aromatic heterocycles. The van der Waals surface area contributed by atoms with Crippen molar-refractivity contribution in [2.45, 2.75) is 84.3 Å². The molecule has 0 amide bonds. The van der Waals surface area contributed by atoms with E-state index in [4.69, 9.17) is 0 Å². The lowest BCUT2D eigenvalue weighted by Crippen LogP contribution is -2.35. The summed E-state index contributed by atoms with van der Waals surface area (Å²) in [5.74, 6) is 0.156. The number of aryl methyl sites for hydroxylation is 3. The van der Waals surface area contributed by atoms with E-state index in [-0.39, 0.29) is 5.78 Å². The molecular formula is C29H38N2O. The van der Waals surface area contributed by atoms with Gasteiger partial charge in [-0.1, -0.05) is 55.0 Å². The molecule has 2 heterocycles. The van der Waals surface area contributed by atoms with Crippen LogP contribution in [0.5, 0.6) is 0 Å². The zero-order valence-corrected chi connectivity index (χ0v) is 20.0. The van der Waals surface area contributed by atoms with Crippen LogP contribution in [0.15, 0.2) is 54.7 Å². The third-order valence-corrected chi connectivity index (χ3v) is 7.34. The molecule has 4 rings (SSSR count). The molecular weight excluding hydrogens is 392 g/mol. The minimum atomic E-state index is 0.156. The Labute approximate surface area is 193 Å². The zero-order valence-electron chi connectivity index (χ0n) is 20.0. The molecule has 1 fully saturated rings. The highest BCUT2D eigenvalue weighted by atomic mass is 16.1. The van der Waals surface area contributed by atoms with Crippen LogP contribution in [0.4, 0.5) is 0 Å². The van der Waals surface area contributed by atoms with Gasteiger partial charge in [-0.25, -0.2) is 0 Å². The van der Waals surface area contributed by atoms with Gasteiger partial charge in [-0.15, -0.1) is 0 Å². The normalized spacial score (nSPS) is 19.1. The molecule has 1 saturated heterocycles. The number of Topliss-reactive ketones (excluding diaryl/α,β-unsaturated/α-hetero) is 1. The average molecular weight is 431 g/mol. The summed E-state index contributed by atoms with van der Waals surface area (Å²) < 4.78 is 2.32. The molecule has 0 bridgehead atoms. The fourth-order valence-corrected chi connectivity index (χ4v) is 5.62. The van der Waals surface area contributed by atoms with Gasteiger partial charge in [-0.05, 0) is 70.4 Å². The molecule has 3 nitrogen and oxygen atoms in total. The fraction of sp³-hybridized carbons (Fsp3) is 0.483. The summed E-state index contributed by atoms with van der Waals surface area (Å²) in [6, 6.07) is 18.6. The molecule has 0 saturated carbocycles. The number of aromatic nitrogens is 1. The third-order valence-electron chi connectivity index (χ3n) is 7.34. The Kier molecular flexibility index (Phi) is 7.47. The Hall–Kier alpha value is -2.39. The second kappa shape index (κ2) is 10.5. The maximum absolute atomic E-state index is 12.1. The lowest BCUT2D eigenvalue weighted by Gasteiger charge is -2.28. The second-order valence-electron chi connectivity index (χ2n) is 9.67. The predicted octanol–water partition coefficient (Wildman–Crippen LogP) is 6.81. The first-order valence-electron chi connectivity index (χ1n) is 12.4. The summed E-state index contributed by atoms with van der Waals surface area (Å²) in [6.07, 6.45) is 11.0. The van der Waals surface area contributed by atoms with Crippen molar-refractivity contribution in [2.75, 3.05) is 6.54 Å². The van der Waals surface area contributed by atoms with E-state index in [0.717, 1.165) is 36.5 Å². The van der Waals surface area contributed by atoms with Gasteiger partial charge in [0, 0.05) is 42.3 Å². The van der Waals surface area contributed by atoms with E-state index in [2.05, 4.69) is 78.0 Å². The van der Waals surface area contributed by atoms with Crippen molar-refractivity contribution in [1.82, 2.24) is 9.47 Å². The minimum absolute atomic E-state index is 0.156. The summed E-state index contributed by atoms with van der Waals surface area (Å²) in [4.78, 5) is 14.9. The third kappa shape index (κ3) is 5.15. The molecule has 3 aromatic rings. The quantitative estimate of drug-likeness (QED) is 0.261. The smallest absolute Gasteiger partial charge is 0.161 e. The summed E-state index contributed by atoms with van der Waals surface area (Å²) in [5.41, 5.74) is 4.79. The number of nitrogens with zero attached hydrogens (tertiary/aromatic N) is 2. The standard InChI is InChI=1S/C29H38N2O/c1-22-11-9-16-27-28(24(3)32)21-30(29(22)27)19-10-20-31-23(2)17-18-26(31)15-8-7-14-25-12-5-4-6-13-25/h4-6,9,11-13,16,21,23,26H,7-8,10,14-15,17-20H2,1-3H3/t23-,26+/m0/s1. The van der Waals surface area contributed by atoms with E-state index in [1.807, 2.05) is 0 Å². The molecule has 0 unspecified atom stereocenters. The average Bonchev–Trinajstić information content (AvgIpc) is 3.34. The van der Waals surface area contributed by atoms with Crippen LogP contribution in [0.3, 0.4) is 0 Å². The van der Waals surface area contributed by atoms with E-state index in [1.54, 1.807) is 6.92 Å². The molecule has 1 aliphatic rings. The van der Waals surface area contributed by atoms with E-state index in [9.17, 15) is 4.79 Å². The molecule has 3 heteroatoms. The van der Waals surface area contributed by atoms with Gasteiger partial charge in [0.25, 0.3) is 0 Å². The molecule has 0 spiro atoms.